The van der Waals surface area contributed by atoms with Crippen molar-refractivity contribution in [2.45, 2.75) is 45.1 Å². The Kier molecular flexibility index (Phi) is 3.67. The molecule has 4 heteroatoms. The fourth-order valence-electron chi connectivity index (χ4n) is 6.00. The summed E-state index contributed by atoms with van der Waals surface area (Å²) in [5, 5.41) is 0. The molecule has 0 saturated heterocycles. The lowest BCUT2D eigenvalue weighted by atomic mass is 9.49. The zero-order valence-electron chi connectivity index (χ0n) is 14.0. The van der Waals surface area contributed by atoms with Gasteiger partial charge in [0.2, 0.25) is 0 Å². The summed E-state index contributed by atoms with van der Waals surface area (Å²) in [6.45, 7) is 1.29. The van der Waals surface area contributed by atoms with Crippen molar-refractivity contribution in [3.05, 3.63) is 29.6 Å². The van der Waals surface area contributed by atoms with Crippen LogP contribution in [0, 0.1) is 23.2 Å². The van der Waals surface area contributed by atoms with Crippen LogP contribution in [0.15, 0.2) is 18.3 Å². The number of carbonyl (C=O) groups is 1. The third-order valence-corrected chi connectivity index (χ3v) is 6.36. The smallest absolute Gasteiger partial charge is 0.253 e. The van der Waals surface area contributed by atoms with E-state index in [4.69, 9.17) is 5.73 Å². The van der Waals surface area contributed by atoms with Crippen LogP contribution in [0.2, 0.25) is 0 Å². The molecule has 4 aliphatic carbocycles. The molecule has 4 nitrogen and oxygen atoms in total. The number of nitrogens with two attached hydrogens (primary N) is 1. The molecule has 1 amide bonds. The maximum absolute atomic E-state index is 12.8. The Balaban J connectivity index is 1.49. The molecule has 1 heterocycles. The lowest BCUT2D eigenvalue weighted by Gasteiger charge is -2.57. The summed E-state index contributed by atoms with van der Waals surface area (Å²) in [6.07, 6.45) is 10.0. The molecule has 4 aliphatic rings. The molecule has 1 aromatic heterocycles. The monoisotopic (exact) mass is 313 g/mol. The zero-order valence-corrected chi connectivity index (χ0v) is 14.0. The lowest BCUT2D eigenvalue weighted by molar-refractivity contribution is -0.0629. The van der Waals surface area contributed by atoms with E-state index < -0.39 is 0 Å². The van der Waals surface area contributed by atoms with Crippen LogP contribution >= 0.6 is 0 Å². The number of hydrogen-bond donors (Lipinski definition) is 1. The van der Waals surface area contributed by atoms with Crippen molar-refractivity contribution in [3.63, 3.8) is 0 Å². The van der Waals surface area contributed by atoms with Crippen LogP contribution in [-0.2, 0) is 6.54 Å². The van der Waals surface area contributed by atoms with Gasteiger partial charge in [0.15, 0.2) is 0 Å². The number of aromatic nitrogens is 1. The highest BCUT2D eigenvalue weighted by molar-refractivity contribution is 5.94. The molecule has 2 N–H and O–H groups in total. The second kappa shape index (κ2) is 5.59. The minimum Gasteiger partial charge on any atom is -0.341 e. The average molecular weight is 313 g/mol. The Morgan fingerprint density at radius 3 is 2.43 bits per heavy atom. The fraction of sp³-hybridized carbons (Fsp3) is 0.684. The minimum atomic E-state index is 0.109. The van der Waals surface area contributed by atoms with Gasteiger partial charge >= 0.3 is 0 Å². The van der Waals surface area contributed by atoms with Crippen LogP contribution in [0.5, 0.6) is 0 Å². The van der Waals surface area contributed by atoms with Gasteiger partial charge in [0.25, 0.3) is 5.91 Å². The first-order valence-electron chi connectivity index (χ1n) is 8.97. The quantitative estimate of drug-likeness (QED) is 0.930. The largest absolute Gasteiger partial charge is 0.341 e. The molecule has 1 aromatic rings. The summed E-state index contributed by atoms with van der Waals surface area (Å²) in [6, 6.07) is 3.64. The summed E-state index contributed by atoms with van der Waals surface area (Å²) in [5.74, 6) is 2.89. The van der Waals surface area contributed by atoms with E-state index in [1.54, 1.807) is 12.3 Å². The van der Waals surface area contributed by atoms with Gasteiger partial charge in [-0.05, 0) is 73.8 Å². The van der Waals surface area contributed by atoms with Crippen LogP contribution in [0.3, 0.4) is 0 Å². The summed E-state index contributed by atoms with van der Waals surface area (Å²) in [7, 11) is 1.96. The van der Waals surface area contributed by atoms with Gasteiger partial charge in [-0.1, -0.05) is 0 Å². The van der Waals surface area contributed by atoms with Crippen LogP contribution in [0.1, 0.15) is 54.6 Å². The van der Waals surface area contributed by atoms with E-state index in [2.05, 4.69) is 4.98 Å². The summed E-state index contributed by atoms with van der Waals surface area (Å²) >= 11 is 0. The van der Waals surface area contributed by atoms with E-state index in [0.29, 0.717) is 17.5 Å². The summed E-state index contributed by atoms with van der Waals surface area (Å²) < 4.78 is 0. The first kappa shape index (κ1) is 15.1. The molecule has 0 radical (unpaired) electrons. The standard InChI is InChI=1S/C19H27N3O/c1-22(18(23)16-2-3-21-17(7-16)11-20)12-19-8-13-4-14(9-19)6-15(5-13)10-19/h2-3,7,13-15H,4-6,8-12,20H2,1H3. The van der Waals surface area contributed by atoms with Gasteiger partial charge in [-0.3, -0.25) is 9.78 Å². The van der Waals surface area contributed by atoms with Gasteiger partial charge in [0, 0.05) is 31.9 Å². The van der Waals surface area contributed by atoms with Crippen LogP contribution in [0.25, 0.3) is 0 Å². The summed E-state index contributed by atoms with van der Waals surface area (Å²) in [5.41, 5.74) is 7.53. The van der Waals surface area contributed by atoms with Gasteiger partial charge < -0.3 is 10.6 Å². The van der Waals surface area contributed by atoms with Crippen LogP contribution < -0.4 is 5.73 Å². The zero-order chi connectivity index (χ0) is 16.0. The molecule has 23 heavy (non-hydrogen) atoms. The fourth-order valence-corrected chi connectivity index (χ4v) is 6.00. The highest BCUT2D eigenvalue weighted by Gasteiger charge is 2.51. The van der Waals surface area contributed by atoms with E-state index in [0.717, 1.165) is 30.0 Å². The number of nitrogens with zero attached hydrogens (tertiary/aromatic N) is 2. The third kappa shape index (κ3) is 2.78. The molecule has 0 unspecified atom stereocenters. The molecule has 0 atom stereocenters. The molecule has 0 aromatic carbocycles. The molecule has 124 valence electrons. The number of pyridine rings is 1. The summed E-state index contributed by atoms with van der Waals surface area (Å²) in [4.78, 5) is 18.9. The maximum Gasteiger partial charge on any atom is 0.253 e. The Morgan fingerprint density at radius 2 is 1.87 bits per heavy atom. The second-order valence-electron chi connectivity index (χ2n) is 8.32. The first-order chi connectivity index (χ1) is 11.1. The molecule has 4 saturated carbocycles. The molecular weight excluding hydrogens is 286 g/mol. The van der Waals surface area contributed by atoms with Gasteiger partial charge in [-0.25, -0.2) is 0 Å². The molecular formula is C19H27N3O. The van der Waals surface area contributed by atoms with Crippen LogP contribution in [-0.4, -0.2) is 29.4 Å². The number of amides is 1. The predicted octanol–water partition coefficient (Wildman–Crippen LogP) is 2.83. The van der Waals surface area contributed by atoms with Crippen molar-refractivity contribution in [2.75, 3.05) is 13.6 Å². The number of hydrogen-bond acceptors (Lipinski definition) is 3. The van der Waals surface area contributed by atoms with Crippen molar-refractivity contribution in [1.82, 2.24) is 9.88 Å². The van der Waals surface area contributed by atoms with Crippen molar-refractivity contribution < 1.29 is 4.79 Å². The van der Waals surface area contributed by atoms with E-state index in [-0.39, 0.29) is 5.91 Å². The molecule has 4 fully saturated rings. The van der Waals surface area contributed by atoms with Crippen molar-refractivity contribution in [2.24, 2.45) is 28.9 Å². The molecule has 0 spiro atoms. The minimum absolute atomic E-state index is 0.109. The topological polar surface area (TPSA) is 59.2 Å². The number of rotatable bonds is 4. The Bertz CT molecular complexity index is 577. The lowest BCUT2D eigenvalue weighted by Crippen LogP contribution is -2.51. The molecule has 5 rings (SSSR count). The van der Waals surface area contributed by atoms with Gasteiger partial charge in [-0.2, -0.15) is 0 Å². The predicted molar refractivity (Wildman–Crippen MR) is 89.7 cm³/mol. The first-order valence-corrected chi connectivity index (χ1v) is 8.97. The SMILES string of the molecule is CN(CC12CC3CC(CC(C3)C1)C2)C(=O)c1ccnc(CN)c1. The number of carbonyl (C=O) groups excluding carboxylic acids is 1. The highest BCUT2D eigenvalue weighted by atomic mass is 16.2. The molecule has 4 bridgehead atoms. The van der Waals surface area contributed by atoms with Gasteiger partial charge in [-0.15, -0.1) is 0 Å². The Labute approximate surface area is 138 Å². The van der Waals surface area contributed by atoms with Crippen LogP contribution in [0.4, 0.5) is 0 Å². The highest BCUT2D eigenvalue weighted by Crippen LogP contribution is 2.60. The normalized spacial score (nSPS) is 34.6. The Hall–Kier alpha value is -1.42. The van der Waals surface area contributed by atoms with Crippen molar-refractivity contribution >= 4 is 5.91 Å². The van der Waals surface area contributed by atoms with E-state index in [1.807, 2.05) is 18.0 Å². The average Bonchev–Trinajstić information content (AvgIpc) is 2.52. The van der Waals surface area contributed by atoms with Gasteiger partial charge in [0.1, 0.15) is 0 Å². The van der Waals surface area contributed by atoms with E-state index >= 15 is 0 Å². The van der Waals surface area contributed by atoms with Crippen molar-refractivity contribution in [1.29, 1.82) is 0 Å². The molecule has 0 aliphatic heterocycles. The van der Waals surface area contributed by atoms with E-state index in [9.17, 15) is 4.79 Å². The second-order valence-corrected chi connectivity index (χ2v) is 8.32. The van der Waals surface area contributed by atoms with Gasteiger partial charge in [0.05, 0.1) is 5.69 Å². The van der Waals surface area contributed by atoms with Crippen molar-refractivity contribution in [3.8, 4) is 0 Å². The van der Waals surface area contributed by atoms with E-state index in [1.165, 1.54) is 38.5 Å². The third-order valence-electron chi connectivity index (χ3n) is 6.36. The maximum atomic E-state index is 12.8. The Morgan fingerprint density at radius 1 is 1.26 bits per heavy atom.